The standard InChI is InChI=1S/C15H20N2O2S/c1-3-20-14-9-5-4-7-12(14)16-15(19)13-8-6-10-17(13)11(2)18/h4-5,7,9,13H,3,6,8,10H2,1-2H3,(H,16,19). The zero-order valence-electron chi connectivity index (χ0n) is 11.9. The number of para-hydroxylation sites is 1. The van der Waals surface area contributed by atoms with Crippen molar-refractivity contribution >= 4 is 29.3 Å². The van der Waals surface area contributed by atoms with Crippen LogP contribution in [0.5, 0.6) is 0 Å². The maximum Gasteiger partial charge on any atom is 0.247 e. The second-order valence-corrected chi connectivity index (χ2v) is 6.09. The number of nitrogens with zero attached hydrogens (tertiary/aromatic N) is 1. The first kappa shape index (κ1) is 14.9. The zero-order chi connectivity index (χ0) is 14.5. The fourth-order valence-electron chi connectivity index (χ4n) is 2.48. The third-order valence-corrected chi connectivity index (χ3v) is 4.36. The van der Waals surface area contributed by atoms with Gasteiger partial charge in [0.15, 0.2) is 0 Å². The molecule has 4 nitrogen and oxygen atoms in total. The Hall–Kier alpha value is -1.49. The molecule has 0 bridgehead atoms. The molecule has 0 aromatic heterocycles. The van der Waals surface area contributed by atoms with E-state index in [-0.39, 0.29) is 17.9 Å². The van der Waals surface area contributed by atoms with Gasteiger partial charge in [0.05, 0.1) is 5.69 Å². The van der Waals surface area contributed by atoms with Gasteiger partial charge in [0.1, 0.15) is 6.04 Å². The van der Waals surface area contributed by atoms with Gasteiger partial charge in [0, 0.05) is 18.4 Å². The van der Waals surface area contributed by atoms with E-state index in [9.17, 15) is 9.59 Å². The van der Waals surface area contributed by atoms with Crippen LogP contribution in [0.2, 0.25) is 0 Å². The number of benzene rings is 1. The molecule has 1 unspecified atom stereocenters. The van der Waals surface area contributed by atoms with Crippen molar-refractivity contribution in [3.63, 3.8) is 0 Å². The minimum absolute atomic E-state index is 0.0288. The number of carbonyl (C=O) groups is 2. The monoisotopic (exact) mass is 292 g/mol. The largest absolute Gasteiger partial charge is 0.331 e. The summed E-state index contributed by atoms with van der Waals surface area (Å²) >= 11 is 1.70. The van der Waals surface area contributed by atoms with Gasteiger partial charge in [-0.25, -0.2) is 0 Å². The van der Waals surface area contributed by atoms with E-state index in [1.165, 1.54) is 6.92 Å². The van der Waals surface area contributed by atoms with E-state index < -0.39 is 0 Å². The van der Waals surface area contributed by atoms with Crippen LogP contribution in [-0.2, 0) is 9.59 Å². The summed E-state index contributed by atoms with van der Waals surface area (Å²) < 4.78 is 0. The number of nitrogens with one attached hydrogen (secondary N) is 1. The molecule has 1 saturated heterocycles. The first-order valence-electron chi connectivity index (χ1n) is 6.93. The van der Waals surface area contributed by atoms with Crippen LogP contribution < -0.4 is 5.32 Å². The van der Waals surface area contributed by atoms with E-state index in [0.717, 1.165) is 29.2 Å². The molecule has 0 saturated carbocycles. The number of amides is 2. The SMILES string of the molecule is CCSc1ccccc1NC(=O)C1CCCN1C(C)=O. The fraction of sp³-hybridized carbons (Fsp3) is 0.467. The van der Waals surface area contributed by atoms with Crippen molar-refractivity contribution in [2.75, 3.05) is 17.6 Å². The molecule has 20 heavy (non-hydrogen) atoms. The molecule has 1 heterocycles. The molecule has 1 atom stereocenters. The van der Waals surface area contributed by atoms with E-state index in [4.69, 9.17) is 0 Å². The second-order valence-electron chi connectivity index (χ2n) is 4.79. The molecular formula is C15H20N2O2S. The van der Waals surface area contributed by atoms with E-state index in [0.29, 0.717) is 6.54 Å². The molecule has 1 fully saturated rings. The summed E-state index contributed by atoms with van der Waals surface area (Å²) in [6, 6.07) is 7.45. The minimum Gasteiger partial charge on any atom is -0.331 e. The van der Waals surface area contributed by atoms with Crippen molar-refractivity contribution in [3.8, 4) is 0 Å². The van der Waals surface area contributed by atoms with Gasteiger partial charge < -0.3 is 10.2 Å². The number of likely N-dealkylation sites (tertiary alicyclic amines) is 1. The van der Waals surface area contributed by atoms with E-state index in [2.05, 4.69) is 12.2 Å². The Labute approximate surface area is 123 Å². The zero-order valence-corrected chi connectivity index (χ0v) is 12.7. The lowest BCUT2D eigenvalue weighted by Crippen LogP contribution is -2.42. The average molecular weight is 292 g/mol. The first-order valence-corrected chi connectivity index (χ1v) is 7.92. The van der Waals surface area contributed by atoms with Crippen LogP contribution in [0.1, 0.15) is 26.7 Å². The van der Waals surface area contributed by atoms with Crippen molar-refractivity contribution in [3.05, 3.63) is 24.3 Å². The molecule has 5 heteroatoms. The van der Waals surface area contributed by atoms with Crippen molar-refractivity contribution in [2.24, 2.45) is 0 Å². The molecule has 1 aliphatic rings. The Kier molecular flexibility index (Phi) is 5.06. The van der Waals surface area contributed by atoms with Crippen LogP contribution in [0, 0.1) is 0 Å². The summed E-state index contributed by atoms with van der Waals surface area (Å²) in [7, 11) is 0. The summed E-state index contributed by atoms with van der Waals surface area (Å²) in [5, 5.41) is 2.97. The van der Waals surface area contributed by atoms with Crippen molar-refractivity contribution in [1.82, 2.24) is 4.90 Å². The Morgan fingerprint density at radius 3 is 2.85 bits per heavy atom. The molecule has 2 amide bonds. The number of carbonyl (C=O) groups excluding carboxylic acids is 2. The van der Waals surface area contributed by atoms with Gasteiger partial charge in [-0.15, -0.1) is 11.8 Å². The number of rotatable bonds is 4. The molecule has 0 aliphatic carbocycles. The Morgan fingerprint density at radius 1 is 1.40 bits per heavy atom. The number of hydrogen-bond donors (Lipinski definition) is 1. The van der Waals surface area contributed by atoms with Gasteiger partial charge in [-0.2, -0.15) is 0 Å². The molecule has 1 aromatic carbocycles. The van der Waals surface area contributed by atoms with Gasteiger partial charge in [0.2, 0.25) is 11.8 Å². The van der Waals surface area contributed by atoms with Gasteiger partial charge in [0.25, 0.3) is 0 Å². The second kappa shape index (κ2) is 6.79. The molecule has 2 rings (SSSR count). The van der Waals surface area contributed by atoms with Crippen LogP contribution >= 0.6 is 11.8 Å². The van der Waals surface area contributed by atoms with Crippen LogP contribution in [0.15, 0.2) is 29.2 Å². The Balaban J connectivity index is 2.10. The highest BCUT2D eigenvalue weighted by molar-refractivity contribution is 7.99. The summed E-state index contributed by atoms with van der Waals surface area (Å²) in [6.45, 7) is 4.28. The topological polar surface area (TPSA) is 49.4 Å². The smallest absolute Gasteiger partial charge is 0.247 e. The summed E-state index contributed by atoms with van der Waals surface area (Å²) in [5.41, 5.74) is 0.833. The van der Waals surface area contributed by atoms with Crippen LogP contribution in [0.4, 0.5) is 5.69 Å². The molecule has 1 N–H and O–H groups in total. The molecule has 0 radical (unpaired) electrons. The first-order chi connectivity index (χ1) is 9.63. The Morgan fingerprint density at radius 2 is 2.15 bits per heavy atom. The summed E-state index contributed by atoms with van der Waals surface area (Å²) in [4.78, 5) is 26.6. The van der Waals surface area contributed by atoms with Crippen LogP contribution in [0.25, 0.3) is 0 Å². The number of thioether (sulfide) groups is 1. The predicted octanol–water partition coefficient (Wildman–Crippen LogP) is 2.75. The van der Waals surface area contributed by atoms with Gasteiger partial charge in [-0.3, -0.25) is 9.59 Å². The summed E-state index contributed by atoms with van der Waals surface area (Å²) in [5.74, 6) is 0.844. The number of hydrogen-bond acceptors (Lipinski definition) is 3. The van der Waals surface area contributed by atoms with Crippen molar-refractivity contribution < 1.29 is 9.59 Å². The fourth-order valence-corrected chi connectivity index (χ4v) is 3.24. The lowest BCUT2D eigenvalue weighted by molar-refractivity contribution is -0.134. The highest BCUT2D eigenvalue weighted by Gasteiger charge is 2.32. The van der Waals surface area contributed by atoms with Gasteiger partial charge in [-0.1, -0.05) is 19.1 Å². The lowest BCUT2D eigenvalue weighted by Gasteiger charge is -2.22. The van der Waals surface area contributed by atoms with Crippen molar-refractivity contribution in [1.29, 1.82) is 0 Å². The lowest BCUT2D eigenvalue weighted by atomic mass is 10.2. The molecule has 0 spiro atoms. The predicted molar refractivity (Wildman–Crippen MR) is 81.9 cm³/mol. The highest BCUT2D eigenvalue weighted by Crippen LogP contribution is 2.27. The normalized spacial score (nSPS) is 18.1. The maximum absolute atomic E-state index is 12.4. The van der Waals surface area contributed by atoms with Gasteiger partial charge in [-0.05, 0) is 30.7 Å². The third-order valence-electron chi connectivity index (χ3n) is 3.40. The highest BCUT2D eigenvalue weighted by atomic mass is 32.2. The van der Waals surface area contributed by atoms with E-state index in [1.807, 2.05) is 24.3 Å². The number of anilines is 1. The van der Waals surface area contributed by atoms with E-state index >= 15 is 0 Å². The van der Waals surface area contributed by atoms with E-state index in [1.54, 1.807) is 16.7 Å². The quantitative estimate of drug-likeness (QED) is 0.868. The molecule has 1 aliphatic heterocycles. The third kappa shape index (κ3) is 3.33. The van der Waals surface area contributed by atoms with Crippen LogP contribution in [-0.4, -0.2) is 35.1 Å². The summed E-state index contributed by atoms with van der Waals surface area (Å²) in [6.07, 6.45) is 1.64. The van der Waals surface area contributed by atoms with Gasteiger partial charge >= 0.3 is 0 Å². The van der Waals surface area contributed by atoms with Crippen LogP contribution in [0.3, 0.4) is 0 Å². The Bertz CT molecular complexity index is 504. The van der Waals surface area contributed by atoms with Crippen molar-refractivity contribution in [2.45, 2.75) is 37.6 Å². The molecular weight excluding hydrogens is 272 g/mol. The average Bonchev–Trinajstić information content (AvgIpc) is 2.91. The maximum atomic E-state index is 12.4. The molecule has 108 valence electrons. The molecule has 1 aromatic rings. The minimum atomic E-state index is -0.327.